The van der Waals surface area contributed by atoms with Gasteiger partial charge in [-0.25, -0.2) is 0 Å². The van der Waals surface area contributed by atoms with E-state index in [-0.39, 0.29) is 11.6 Å². The Morgan fingerprint density at radius 2 is 1.31 bits per heavy atom. The van der Waals surface area contributed by atoms with Crippen LogP contribution in [0.2, 0.25) is 0 Å². The molecule has 1 fully saturated rings. The van der Waals surface area contributed by atoms with Crippen LogP contribution < -0.4 is 0 Å². The molecular weight excluding hydrogens is 172 g/mol. The molecule has 1 aliphatic heterocycles. The molecular formula is C9H14O4. The average Bonchev–Trinajstić information content (AvgIpc) is 2.26. The van der Waals surface area contributed by atoms with Crippen molar-refractivity contribution in [1.29, 1.82) is 0 Å². The normalized spacial score (nSPS) is 31.7. The molecule has 4 nitrogen and oxygen atoms in total. The quantitative estimate of drug-likeness (QED) is 0.636. The highest BCUT2D eigenvalue weighted by Crippen LogP contribution is 2.28. The van der Waals surface area contributed by atoms with Crippen molar-refractivity contribution in [3.05, 3.63) is 0 Å². The van der Waals surface area contributed by atoms with Crippen molar-refractivity contribution in [3.8, 4) is 0 Å². The van der Waals surface area contributed by atoms with E-state index in [1.165, 1.54) is 13.8 Å². The zero-order valence-corrected chi connectivity index (χ0v) is 8.29. The van der Waals surface area contributed by atoms with Crippen LogP contribution in [0.4, 0.5) is 0 Å². The number of ether oxygens (including phenoxy) is 2. The molecule has 0 aromatic rings. The minimum absolute atomic E-state index is 0.175. The molecule has 0 aromatic carbocycles. The van der Waals surface area contributed by atoms with Gasteiger partial charge in [0.25, 0.3) is 0 Å². The van der Waals surface area contributed by atoms with Crippen molar-refractivity contribution >= 4 is 11.6 Å². The molecule has 74 valence electrons. The fraction of sp³-hybridized carbons (Fsp3) is 0.778. The summed E-state index contributed by atoms with van der Waals surface area (Å²) < 4.78 is 10.6. The molecule has 0 radical (unpaired) electrons. The summed E-state index contributed by atoms with van der Waals surface area (Å²) in [4.78, 5) is 22.2. The van der Waals surface area contributed by atoms with Gasteiger partial charge in [-0.15, -0.1) is 0 Å². The van der Waals surface area contributed by atoms with E-state index in [1.54, 1.807) is 13.8 Å². The summed E-state index contributed by atoms with van der Waals surface area (Å²) in [6, 6.07) is 0. The molecule has 0 unspecified atom stereocenters. The molecule has 1 saturated heterocycles. The second kappa shape index (κ2) is 3.20. The molecule has 2 atom stereocenters. The second-order valence-electron chi connectivity index (χ2n) is 3.70. The second-order valence-corrected chi connectivity index (χ2v) is 3.70. The highest BCUT2D eigenvalue weighted by atomic mass is 16.8. The Morgan fingerprint density at radius 3 is 1.54 bits per heavy atom. The monoisotopic (exact) mass is 186 g/mol. The van der Waals surface area contributed by atoms with Gasteiger partial charge in [0.1, 0.15) is 0 Å². The molecule has 0 amide bonds. The lowest BCUT2D eigenvalue weighted by Crippen LogP contribution is -2.34. The van der Waals surface area contributed by atoms with Crippen molar-refractivity contribution in [2.24, 2.45) is 0 Å². The lowest BCUT2D eigenvalue weighted by Gasteiger charge is -2.15. The van der Waals surface area contributed by atoms with Crippen molar-refractivity contribution in [1.82, 2.24) is 0 Å². The minimum atomic E-state index is -0.841. The Balaban J connectivity index is 2.83. The Hall–Kier alpha value is -0.740. The molecule has 13 heavy (non-hydrogen) atoms. The van der Waals surface area contributed by atoms with E-state index in [4.69, 9.17) is 9.47 Å². The Labute approximate surface area is 77.2 Å². The van der Waals surface area contributed by atoms with Gasteiger partial charge in [-0.05, 0) is 27.7 Å². The number of carbonyl (C=O) groups excluding carboxylic acids is 2. The maximum absolute atomic E-state index is 11.1. The molecule has 0 aromatic heterocycles. The number of hydrogen-bond donors (Lipinski definition) is 0. The van der Waals surface area contributed by atoms with Gasteiger partial charge >= 0.3 is 0 Å². The Bertz CT molecular complexity index is 220. The van der Waals surface area contributed by atoms with Gasteiger partial charge in [0.2, 0.25) is 0 Å². The largest absolute Gasteiger partial charge is 0.336 e. The van der Waals surface area contributed by atoms with Gasteiger partial charge in [-0.1, -0.05) is 0 Å². The molecule has 0 aliphatic carbocycles. The van der Waals surface area contributed by atoms with Gasteiger partial charge in [-0.3, -0.25) is 9.59 Å². The predicted molar refractivity (Wildman–Crippen MR) is 45.2 cm³/mol. The third kappa shape index (κ3) is 2.14. The first kappa shape index (κ1) is 10.3. The summed E-state index contributed by atoms with van der Waals surface area (Å²) in [6.07, 6.45) is -1.49. The van der Waals surface area contributed by atoms with E-state index in [0.29, 0.717) is 0 Å². The lowest BCUT2D eigenvalue weighted by atomic mass is 10.1. The standard InChI is InChI=1S/C9H14O4/c1-5(10)7-8(6(2)11)13-9(3,4)12-7/h7-8H,1-4H3/t7-,8+. The van der Waals surface area contributed by atoms with Crippen molar-refractivity contribution in [2.75, 3.05) is 0 Å². The molecule has 1 rings (SSSR count). The summed E-state index contributed by atoms with van der Waals surface area (Å²) in [7, 11) is 0. The number of Topliss-reactive ketones (excluding diaryl/α,β-unsaturated/α-hetero) is 2. The summed E-state index contributed by atoms with van der Waals surface area (Å²) in [5.74, 6) is -1.19. The first-order valence-electron chi connectivity index (χ1n) is 4.20. The smallest absolute Gasteiger partial charge is 0.165 e. The first-order valence-corrected chi connectivity index (χ1v) is 4.20. The van der Waals surface area contributed by atoms with Crippen LogP contribution >= 0.6 is 0 Å². The molecule has 0 spiro atoms. The van der Waals surface area contributed by atoms with E-state index in [1.807, 2.05) is 0 Å². The van der Waals surface area contributed by atoms with E-state index < -0.39 is 18.0 Å². The van der Waals surface area contributed by atoms with Gasteiger partial charge in [0.05, 0.1) is 0 Å². The van der Waals surface area contributed by atoms with Crippen LogP contribution in [0.25, 0.3) is 0 Å². The third-order valence-corrected chi connectivity index (χ3v) is 1.90. The average molecular weight is 186 g/mol. The zero-order valence-electron chi connectivity index (χ0n) is 8.29. The fourth-order valence-electron chi connectivity index (χ4n) is 1.36. The van der Waals surface area contributed by atoms with E-state index in [0.717, 1.165) is 0 Å². The van der Waals surface area contributed by atoms with Gasteiger partial charge < -0.3 is 9.47 Å². The first-order chi connectivity index (χ1) is 5.83. The van der Waals surface area contributed by atoms with Gasteiger partial charge in [-0.2, -0.15) is 0 Å². The summed E-state index contributed by atoms with van der Waals surface area (Å²) >= 11 is 0. The molecule has 0 bridgehead atoms. The van der Waals surface area contributed by atoms with Crippen LogP contribution in [0.3, 0.4) is 0 Å². The maximum atomic E-state index is 11.1. The van der Waals surface area contributed by atoms with Gasteiger partial charge in [0, 0.05) is 0 Å². The topological polar surface area (TPSA) is 52.6 Å². The van der Waals surface area contributed by atoms with Crippen LogP contribution in [0.5, 0.6) is 0 Å². The van der Waals surface area contributed by atoms with E-state index >= 15 is 0 Å². The van der Waals surface area contributed by atoms with E-state index in [9.17, 15) is 9.59 Å². The number of ketones is 2. The minimum Gasteiger partial charge on any atom is -0.336 e. The lowest BCUT2D eigenvalue weighted by molar-refractivity contribution is -0.157. The Morgan fingerprint density at radius 1 is 1.00 bits per heavy atom. The highest BCUT2D eigenvalue weighted by Gasteiger charge is 2.45. The SMILES string of the molecule is CC(=O)[C@H]1OC(C)(C)O[C@H]1C(C)=O. The van der Waals surface area contributed by atoms with Crippen molar-refractivity contribution in [3.63, 3.8) is 0 Å². The summed E-state index contributed by atoms with van der Waals surface area (Å²) in [6.45, 7) is 6.16. The Kier molecular flexibility index (Phi) is 2.54. The zero-order chi connectivity index (χ0) is 10.2. The third-order valence-electron chi connectivity index (χ3n) is 1.90. The van der Waals surface area contributed by atoms with Crippen LogP contribution in [-0.4, -0.2) is 29.6 Å². The summed E-state index contributed by atoms with van der Waals surface area (Å²) in [5, 5.41) is 0. The van der Waals surface area contributed by atoms with E-state index in [2.05, 4.69) is 0 Å². The number of rotatable bonds is 2. The van der Waals surface area contributed by atoms with Crippen LogP contribution in [-0.2, 0) is 19.1 Å². The van der Waals surface area contributed by atoms with Crippen molar-refractivity contribution in [2.45, 2.75) is 45.7 Å². The number of carbonyl (C=O) groups is 2. The fourth-order valence-corrected chi connectivity index (χ4v) is 1.36. The molecule has 0 N–H and O–H groups in total. The van der Waals surface area contributed by atoms with Crippen LogP contribution in [0, 0.1) is 0 Å². The summed E-state index contributed by atoms with van der Waals surface area (Å²) in [5.41, 5.74) is 0. The highest BCUT2D eigenvalue weighted by molar-refractivity contribution is 5.91. The maximum Gasteiger partial charge on any atom is 0.165 e. The van der Waals surface area contributed by atoms with Crippen molar-refractivity contribution < 1.29 is 19.1 Å². The molecule has 4 heteroatoms. The number of hydrogen-bond acceptors (Lipinski definition) is 4. The predicted octanol–water partition coefficient (Wildman–Crippen LogP) is 0.684. The molecule has 0 saturated carbocycles. The van der Waals surface area contributed by atoms with Crippen LogP contribution in [0.15, 0.2) is 0 Å². The van der Waals surface area contributed by atoms with Crippen LogP contribution in [0.1, 0.15) is 27.7 Å². The van der Waals surface area contributed by atoms with Gasteiger partial charge in [0.15, 0.2) is 29.6 Å². The molecule has 1 heterocycles. The molecule has 1 aliphatic rings.